The standard InChI is InChI=1S/C20H22ClFN2O2/c1-15(25)24(11-9-16-5-4-7-18(21)13-16)12-10-20(26)23-14-17-6-2-3-8-19(17)22/h2-8,13H,9-12,14H2,1H3,(H,23,26). The molecule has 0 aliphatic rings. The average molecular weight is 377 g/mol. The van der Waals surface area contributed by atoms with Crippen LogP contribution in [0.3, 0.4) is 0 Å². The quantitative estimate of drug-likeness (QED) is 0.765. The van der Waals surface area contributed by atoms with Crippen LogP contribution in [0.5, 0.6) is 0 Å². The molecule has 0 fully saturated rings. The van der Waals surface area contributed by atoms with Gasteiger partial charge in [0.1, 0.15) is 5.82 Å². The van der Waals surface area contributed by atoms with Crippen molar-refractivity contribution in [2.24, 2.45) is 0 Å². The van der Waals surface area contributed by atoms with Gasteiger partial charge >= 0.3 is 0 Å². The second kappa shape index (κ2) is 9.92. The first-order valence-electron chi connectivity index (χ1n) is 8.46. The third-order valence-corrected chi connectivity index (χ3v) is 4.28. The van der Waals surface area contributed by atoms with Crippen LogP contribution in [0.15, 0.2) is 48.5 Å². The van der Waals surface area contributed by atoms with Crippen LogP contribution in [0.4, 0.5) is 4.39 Å². The first-order valence-corrected chi connectivity index (χ1v) is 8.83. The van der Waals surface area contributed by atoms with Crippen molar-refractivity contribution in [3.05, 3.63) is 70.5 Å². The summed E-state index contributed by atoms with van der Waals surface area (Å²) in [6, 6.07) is 13.8. The Kier molecular flexibility index (Phi) is 7.60. The van der Waals surface area contributed by atoms with E-state index in [-0.39, 0.29) is 30.6 Å². The van der Waals surface area contributed by atoms with E-state index in [9.17, 15) is 14.0 Å². The van der Waals surface area contributed by atoms with Gasteiger partial charge in [0.25, 0.3) is 0 Å². The number of amides is 2. The Balaban J connectivity index is 1.79. The lowest BCUT2D eigenvalue weighted by molar-refractivity contribution is -0.129. The Bertz CT molecular complexity index is 767. The van der Waals surface area contributed by atoms with Gasteiger partial charge in [0.05, 0.1) is 0 Å². The molecule has 0 saturated carbocycles. The molecular weight excluding hydrogens is 355 g/mol. The molecule has 26 heavy (non-hydrogen) atoms. The van der Waals surface area contributed by atoms with Crippen molar-refractivity contribution in [1.29, 1.82) is 0 Å². The van der Waals surface area contributed by atoms with Gasteiger partial charge in [0, 0.05) is 43.6 Å². The summed E-state index contributed by atoms with van der Waals surface area (Å²) in [4.78, 5) is 25.4. The molecule has 2 aromatic carbocycles. The smallest absolute Gasteiger partial charge is 0.222 e. The van der Waals surface area contributed by atoms with Gasteiger partial charge in [-0.1, -0.05) is 41.9 Å². The monoisotopic (exact) mass is 376 g/mol. The Morgan fingerprint density at radius 1 is 1.12 bits per heavy atom. The van der Waals surface area contributed by atoms with E-state index in [1.807, 2.05) is 18.2 Å². The van der Waals surface area contributed by atoms with Crippen molar-refractivity contribution in [1.82, 2.24) is 10.2 Å². The highest BCUT2D eigenvalue weighted by molar-refractivity contribution is 6.30. The van der Waals surface area contributed by atoms with E-state index in [1.165, 1.54) is 13.0 Å². The zero-order valence-corrected chi connectivity index (χ0v) is 15.4. The van der Waals surface area contributed by atoms with Crippen molar-refractivity contribution in [3.8, 4) is 0 Å². The number of hydrogen-bond donors (Lipinski definition) is 1. The predicted octanol–water partition coefficient (Wildman–Crippen LogP) is 3.58. The summed E-state index contributed by atoms with van der Waals surface area (Å²) in [5.41, 5.74) is 1.47. The Morgan fingerprint density at radius 3 is 2.58 bits per heavy atom. The summed E-state index contributed by atoms with van der Waals surface area (Å²) < 4.78 is 13.5. The lowest BCUT2D eigenvalue weighted by Crippen LogP contribution is -2.35. The fraction of sp³-hybridized carbons (Fsp3) is 0.300. The summed E-state index contributed by atoms with van der Waals surface area (Å²) in [7, 11) is 0. The summed E-state index contributed by atoms with van der Waals surface area (Å²) >= 11 is 5.96. The summed E-state index contributed by atoms with van der Waals surface area (Å²) in [6.45, 7) is 2.44. The molecule has 0 heterocycles. The van der Waals surface area contributed by atoms with E-state index in [0.29, 0.717) is 30.1 Å². The van der Waals surface area contributed by atoms with Crippen LogP contribution in [0.2, 0.25) is 5.02 Å². The van der Waals surface area contributed by atoms with E-state index in [0.717, 1.165) is 5.56 Å². The molecular formula is C20H22ClFN2O2. The molecule has 0 atom stereocenters. The third kappa shape index (κ3) is 6.48. The summed E-state index contributed by atoms with van der Waals surface area (Å²) in [6.07, 6.45) is 0.834. The number of benzene rings is 2. The maximum absolute atomic E-state index is 13.5. The van der Waals surface area contributed by atoms with Gasteiger partial charge < -0.3 is 10.2 Å². The van der Waals surface area contributed by atoms with E-state index in [1.54, 1.807) is 29.2 Å². The van der Waals surface area contributed by atoms with Gasteiger partial charge in [-0.05, 0) is 30.2 Å². The van der Waals surface area contributed by atoms with Crippen LogP contribution in [0, 0.1) is 5.82 Å². The highest BCUT2D eigenvalue weighted by atomic mass is 35.5. The zero-order chi connectivity index (χ0) is 18.9. The van der Waals surface area contributed by atoms with Gasteiger partial charge in [-0.3, -0.25) is 9.59 Å². The average Bonchev–Trinajstić information content (AvgIpc) is 2.60. The first kappa shape index (κ1) is 19.9. The second-order valence-corrected chi connectivity index (χ2v) is 6.44. The first-order chi connectivity index (χ1) is 12.5. The minimum Gasteiger partial charge on any atom is -0.352 e. The number of halogens is 2. The maximum Gasteiger partial charge on any atom is 0.222 e. The minimum atomic E-state index is -0.348. The lowest BCUT2D eigenvalue weighted by Gasteiger charge is -2.21. The van der Waals surface area contributed by atoms with Crippen LogP contribution in [0.1, 0.15) is 24.5 Å². The van der Waals surface area contributed by atoms with E-state index < -0.39 is 0 Å². The molecule has 0 spiro atoms. The van der Waals surface area contributed by atoms with Crippen molar-refractivity contribution in [2.45, 2.75) is 26.3 Å². The molecule has 0 saturated heterocycles. The molecule has 138 valence electrons. The van der Waals surface area contributed by atoms with Crippen LogP contribution in [-0.2, 0) is 22.6 Å². The fourth-order valence-electron chi connectivity index (χ4n) is 2.54. The molecule has 6 heteroatoms. The molecule has 2 aromatic rings. The number of rotatable bonds is 8. The number of nitrogens with zero attached hydrogens (tertiary/aromatic N) is 1. The summed E-state index contributed by atoms with van der Waals surface area (Å²) in [5, 5.41) is 3.34. The molecule has 4 nitrogen and oxygen atoms in total. The molecule has 1 N–H and O–H groups in total. The number of hydrogen-bond acceptors (Lipinski definition) is 2. The lowest BCUT2D eigenvalue weighted by atomic mass is 10.1. The zero-order valence-electron chi connectivity index (χ0n) is 14.7. The van der Waals surface area contributed by atoms with Crippen molar-refractivity contribution < 1.29 is 14.0 Å². The van der Waals surface area contributed by atoms with E-state index in [2.05, 4.69) is 5.32 Å². The fourth-order valence-corrected chi connectivity index (χ4v) is 2.76. The van der Waals surface area contributed by atoms with Crippen LogP contribution in [0.25, 0.3) is 0 Å². The predicted molar refractivity (Wildman–Crippen MR) is 100 cm³/mol. The molecule has 0 aromatic heterocycles. The van der Waals surface area contributed by atoms with E-state index >= 15 is 0 Å². The normalized spacial score (nSPS) is 10.4. The number of nitrogens with one attached hydrogen (secondary N) is 1. The highest BCUT2D eigenvalue weighted by Gasteiger charge is 2.12. The SMILES string of the molecule is CC(=O)N(CCC(=O)NCc1ccccc1F)CCc1cccc(Cl)c1. The Hall–Kier alpha value is -2.40. The molecule has 2 rings (SSSR count). The second-order valence-electron chi connectivity index (χ2n) is 6.00. The van der Waals surface area contributed by atoms with Crippen LogP contribution >= 0.6 is 11.6 Å². The van der Waals surface area contributed by atoms with Gasteiger partial charge in [-0.15, -0.1) is 0 Å². The molecule has 0 aliphatic heterocycles. The van der Waals surface area contributed by atoms with Gasteiger partial charge in [0.15, 0.2) is 0 Å². The van der Waals surface area contributed by atoms with Crippen LogP contribution < -0.4 is 5.32 Å². The molecule has 0 bridgehead atoms. The van der Waals surface area contributed by atoms with Crippen LogP contribution in [-0.4, -0.2) is 29.8 Å². The largest absolute Gasteiger partial charge is 0.352 e. The molecule has 2 amide bonds. The third-order valence-electron chi connectivity index (χ3n) is 4.05. The highest BCUT2D eigenvalue weighted by Crippen LogP contribution is 2.12. The Morgan fingerprint density at radius 2 is 1.88 bits per heavy atom. The number of carbonyl (C=O) groups excluding carboxylic acids is 2. The molecule has 0 aliphatic carbocycles. The van der Waals surface area contributed by atoms with Crippen molar-refractivity contribution >= 4 is 23.4 Å². The van der Waals surface area contributed by atoms with Gasteiger partial charge in [-0.2, -0.15) is 0 Å². The topological polar surface area (TPSA) is 49.4 Å². The van der Waals surface area contributed by atoms with Gasteiger partial charge in [0.2, 0.25) is 11.8 Å². The van der Waals surface area contributed by atoms with Gasteiger partial charge in [-0.25, -0.2) is 4.39 Å². The minimum absolute atomic E-state index is 0.0890. The van der Waals surface area contributed by atoms with Crippen molar-refractivity contribution in [2.75, 3.05) is 13.1 Å². The number of carbonyl (C=O) groups is 2. The molecule has 0 radical (unpaired) electrons. The maximum atomic E-state index is 13.5. The van der Waals surface area contributed by atoms with E-state index in [4.69, 9.17) is 11.6 Å². The Labute approximate surface area is 158 Å². The van der Waals surface area contributed by atoms with Crippen molar-refractivity contribution in [3.63, 3.8) is 0 Å². The molecule has 0 unspecified atom stereocenters. The summed E-state index contributed by atoms with van der Waals surface area (Å²) in [5.74, 6) is -0.657.